The SMILES string of the molecule is Cc1ccc(-c2c(-c3cn[nH]n3)noc2N)cc1C. The Morgan fingerprint density at radius 2 is 2.05 bits per heavy atom. The van der Waals surface area contributed by atoms with Gasteiger partial charge in [-0.25, -0.2) is 0 Å². The van der Waals surface area contributed by atoms with Gasteiger partial charge in [-0.05, 0) is 30.5 Å². The Kier molecular flexibility index (Phi) is 2.56. The largest absolute Gasteiger partial charge is 0.367 e. The zero-order valence-electron chi connectivity index (χ0n) is 10.6. The fourth-order valence-electron chi connectivity index (χ4n) is 1.97. The van der Waals surface area contributed by atoms with E-state index in [1.807, 2.05) is 12.1 Å². The van der Waals surface area contributed by atoms with Gasteiger partial charge < -0.3 is 10.3 Å². The molecular weight excluding hydrogens is 242 g/mol. The molecule has 0 atom stereocenters. The van der Waals surface area contributed by atoms with Gasteiger partial charge in [-0.1, -0.05) is 23.4 Å². The number of aromatic amines is 1. The van der Waals surface area contributed by atoms with Crippen LogP contribution in [-0.4, -0.2) is 20.6 Å². The average Bonchev–Trinajstić information content (AvgIpc) is 3.01. The van der Waals surface area contributed by atoms with Gasteiger partial charge in [0.25, 0.3) is 0 Å². The number of rotatable bonds is 2. The quantitative estimate of drug-likeness (QED) is 0.733. The van der Waals surface area contributed by atoms with E-state index in [-0.39, 0.29) is 5.88 Å². The number of nitrogens with two attached hydrogens (primary N) is 1. The van der Waals surface area contributed by atoms with E-state index in [0.29, 0.717) is 11.4 Å². The number of nitrogens with zero attached hydrogens (tertiary/aromatic N) is 3. The first-order valence-electron chi connectivity index (χ1n) is 5.85. The number of aryl methyl sites for hydroxylation is 2. The topological polar surface area (TPSA) is 93.6 Å². The molecule has 0 amide bonds. The fraction of sp³-hybridized carbons (Fsp3) is 0.154. The summed E-state index contributed by atoms with van der Waals surface area (Å²) in [6, 6.07) is 6.10. The first-order chi connectivity index (χ1) is 9.16. The van der Waals surface area contributed by atoms with Crippen molar-refractivity contribution in [1.29, 1.82) is 0 Å². The summed E-state index contributed by atoms with van der Waals surface area (Å²) in [5.74, 6) is 0.279. The van der Waals surface area contributed by atoms with Crippen LogP contribution in [0.3, 0.4) is 0 Å². The number of hydrogen-bond donors (Lipinski definition) is 2. The third-order valence-electron chi connectivity index (χ3n) is 3.17. The number of aromatic nitrogens is 4. The molecule has 19 heavy (non-hydrogen) atoms. The Hall–Kier alpha value is -2.63. The Labute approximate surface area is 109 Å². The zero-order chi connectivity index (χ0) is 13.4. The van der Waals surface area contributed by atoms with Crippen molar-refractivity contribution in [2.75, 3.05) is 5.73 Å². The molecule has 0 aliphatic rings. The van der Waals surface area contributed by atoms with Crippen molar-refractivity contribution in [3.05, 3.63) is 35.5 Å². The predicted molar refractivity (Wildman–Crippen MR) is 71.2 cm³/mol. The monoisotopic (exact) mass is 255 g/mol. The molecule has 2 aromatic heterocycles. The number of H-pyrrole nitrogens is 1. The lowest BCUT2D eigenvalue weighted by Gasteiger charge is -2.04. The highest BCUT2D eigenvalue weighted by molar-refractivity contribution is 5.85. The molecule has 0 aliphatic carbocycles. The Balaban J connectivity index is 2.19. The van der Waals surface area contributed by atoms with Gasteiger partial charge in [-0.15, -0.1) is 0 Å². The van der Waals surface area contributed by atoms with Crippen molar-refractivity contribution in [3.8, 4) is 22.5 Å². The van der Waals surface area contributed by atoms with Crippen molar-refractivity contribution in [3.63, 3.8) is 0 Å². The van der Waals surface area contributed by atoms with E-state index in [4.69, 9.17) is 10.3 Å². The first-order valence-corrected chi connectivity index (χ1v) is 5.85. The second-order valence-electron chi connectivity index (χ2n) is 4.42. The molecule has 3 rings (SSSR count). The van der Waals surface area contributed by atoms with Crippen LogP contribution in [0.15, 0.2) is 28.9 Å². The molecule has 0 spiro atoms. The van der Waals surface area contributed by atoms with Crippen molar-refractivity contribution in [1.82, 2.24) is 20.6 Å². The lowest BCUT2D eigenvalue weighted by Crippen LogP contribution is -1.90. The molecule has 6 nitrogen and oxygen atoms in total. The summed E-state index contributed by atoms with van der Waals surface area (Å²) in [5, 5.41) is 14.3. The Morgan fingerprint density at radius 3 is 2.74 bits per heavy atom. The summed E-state index contributed by atoms with van der Waals surface area (Å²) < 4.78 is 5.09. The lowest BCUT2D eigenvalue weighted by molar-refractivity contribution is 0.439. The summed E-state index contributed by atoms with van der Waals surface area (Å²) in [6.07, 6.45) is 1.59. The highest BCUT2D eigenvalue weighted by atomic mass is 16.5. The zero-order valence-corrected chi connectivity index (χ0v) is 10.6. The lowest BCUT2D eigenvalue weighted by atomic mass is 9.99. The van der Waals surface area contributed by atoms with Crippen LogP contribution in [0.5, 0.6) is 0 Å². The van der Waals surface area contributed by atoms with Gasteiger partial charge in [-0.2, -0.15) is 15.4 Å². The van der Waals surface area contributed by atoms with Crippen LogP contribution in [-0.2, 0) is 0 Å². The molecule has 0 saturated carbocycles. The van der Waals surface area contributed by atoms with Gasteiger partial charge in [0.2, 0.25) is 5.88 Å². The number of nitrogen functional groups attached to an aromatic ring is 1. The van der Waals surface area contributed by atoms with Gasteiger partial charge in [0.1, 0.15) is 11.4 Å². The van der Waals surface area contributed by atoms with Gasteiger partial charge in [0.05, 0.1) is 11.8 Å². The normalized spacial score (nSPS) is 10.8. The maximum Gasteiger partial charge on any atom is 0.230 e. The van der Waals surface area contributed by atoms with E-state index in [0.717, 1.165) is 11.1 Å². The fourth-order valence-corrected chi connectivity index (χ4v) is 1.97. The third-order valence-corrected chi connectivity index (χ3v) is 3.17. The molecular formula is C13H13N5O. The highest BCUT2D eigenvalue weighted by Gasteiger charge is 2.19. The molecule has 0 fully saturated rings. The van der Waals surface area contributed by atoms with E-state index >= 15 is 0 Å². The molecule has 3 N–H and O–H groups in total. The van der Waals surface area contributed by atoms with E-state index in [1.54, 1.807) is 6.20 Å². The van der Waals surface area contributed by atoms with Crippen LogP contribution >= 0.6 is 0 Å². The maximum atomic E-state index is 5.88. The second-order valence-corrected chi connectivity index (χ2v) is 4.42. The minimum Gasteiger partial charge on any atom is -0.367 e. The van der Waals surface area contributed by atoms with E-state index in [2.05, 4.69) is 40.5 Å². The smallest absolute Gasteiger partial charge is 0.230 e. The first kappa shape index (κ1) is 11.5. The van der Waals surface area contributed by atoms with Crippen LogP contribution in [0.2, 0.25) is 0 Å². The number of benzene rings is 1. The molecule has 0 bridgehead atoms. The Morgan fingerprint density at radius 1 is 1.21 bits per heavy atom. The molecule has 0 saturated heterocycles. The second kappa shape index (κ2) is 4.24. The average molecular weight is 255 g/mol. The summed E-state index contributed by atoms with van der Waals surface area (Å²) in [7, 11) is 0. The molecule has 1 aromatic carbocycles. The molecule has 3 aromatic rings. The van der Waals surface area contributed by atoms with Gasteiger partial charge in [0.15, 0.2) is 0 Å². The van der Waals surface area contributed by atoms with E-state index < -0.39 is 0 Å². The van der Waals surface area contributed by atoms with E-state index in [1.165, 1.54) is 11.1 Å². The van der Waals surface area contributed by atoms with Crippen molar-refractivity contribution < 1.29 is 4.52 Å². The number of anilines is 1. The standard InChI is InChI=1S/C13H13N5O/c1-7-3-4-9(5-8(7)2)11-12(17-19-13(11)14)10-6-15-18-16-10/h3-6H,14H2,1-2H3,(H,15,16,18). The number of hydrogen-bond acceptors (Lipinski definition) is 5. The molecule has 2 heterocycles. The van der Waals surface area contributed by atoms with Crippen molar-refractivity contribution >= 4 is 5.88 Å². The van der Waals surface area contributed by atoms with Crippen LogP contribution < -0.4 is 5.73 Å². The minimum atomic E-state index is 0.279. The molecule has 6 heteroatoms. The predicted octanol–water partition coefficient (Wildman–Crippen LogP) is 2.33. The van der Waals surface area contributed by atoms with E-state index in [9.17, 15) is 0 Å². The van der Waals surface area contributed by atoms with Crippen LogP contribution in [0.1, 0.15) is 11.1 Å². The van der Waals surface area contributed by atoms with Crippen molar-refractivity contribution in [2.24, 2.45) is 0 Å². The summed E-state index contributed by atoms with van der Waals surface area (Å²) in [5.41, 5.74) is 11.2. The maximum absolute atomic E-state index is 5.88. The third kappa shape index (κ3) is 1.87. The molecule has 0 unspecified atom stereocenters. The summed E-state index contributed by atoms with van der Waals surface area (Å²) in [4.78, 5) is 0. The van der Waals surface area contributed by atoms with Crippen molar-refractivity contribution in [2.45, 2.75) is 13.8 Å². The molecule has 0 aliphatic heterocycles. The van der Waals surface area contributed by atoms with Crippen LogP contribution in [0.4, 0.5) is 5.88 Å². The Bertz CT molecular complexity index is 715. The van der Waals surface area contributed by atoms with Gasteiger partial charge in [0, 0.05) is 0 Å². The summed E-state index contributed by atoms with van der Waals surface area (Å²) >= 11 is 0. The minimum absolute atomic E-state index is 0.279. The molecule has 96 valence electrons. The van der Waals surface area contributed by atoms with Crippen LogP contribution in [0.25, 0.3) is 22.5 Å². The van der Waals surface area contributed by atoms with Gasteiger partial charge >= 0.3 is 0 Å². The number of nitrogens with one attached hydrogen (secondary N) is 1. The van der Waals surface area contributed by atoms with Gasteiger partial charge in [-0.3, -0.25) is 0 Å². The molecule has 0 radical (unpaired) electrons. The highest BCUT2D eigenvalue weighted by Crippen LogP contribution is 2.35. The van der Waals surface area contributed by atoms with Crippen LogP contribution in [0, 0.1) is 13.8 Å². The summed E-state index contributed by atoms with van der Waals surface area (Å²) in [6.45, 7) is 4.12.